The molecule has 1 amide bonds. The van der Waals surface area contributed by atoms with Gasteiger partial charge in [0.05, 0.1) is 16.6 Å². The molecule has 2 aromatic rings. The van der Waals surface area contributed by atoms with Crippen LogP contribution in [-0.2, 0) is 11.2 Å². The fraction of sp³-hybridized carbons (Fsp3) is 0.529. The number of para-hydroxylation sites is 2. The van der Waals surface area contributed by atoms with Crippen molar-refractivity contribution >= 4 is 16.9 Å². The van der Waals surface area contributed by atoms with Crippen molar-refractivity contribution in [3.63, 3.8) is 0 Å². The van der Waals surface area contributed by atoms with Crippen LogP contribution in [0, 0.1) is 0 Å². The van der Waals surface area contributed by atoms with Crippen molar-refractivity contribution in [2.75, 3.05) is 13.6 Å². The van der Waals surface area contributed by atoms with E-state index in [4.69, 9.17) is 5.73 Å². The smallest absolute Gasteiger partial charge is 0.242 e. The molecule has 1 aromatic carbocycles. The first-order valence-corrected chi connectivity index (χ1v) is 7.92. The highest BCUT2D eigenvalue weighted by Gasteiger charge is 2.29. The molecule has 0 saturated carbocycles. The summed E-state index contributed by atoms with van der Waals surface area (Å²) >= 11 is 0. The number of nitrogens with one attached hydrogen (secondary N) is 1. The first kappa shape index (κ1) is 16.5. The highest BCUT2D eigenvalue weighted by molar-refractivity contribution is 5.85. The van der Waals surface area contributed by atoms with Crippen molar-refractivity contribution in [3.8, 4) is 0 Å². The summed E-state index contributed by atoms with van der Waals surface area (Å²) < 4.78 is 0. The van der Waals surface area contributed by atoms with Gasteiger partial charge in [-0.05, 0) is 31.9 Å². The lowest BCUT2D eigenvalue weighted by molar-refractivity contribution is -0.135. The number of carbonyl (C=O) groups is 1. The average Bonchev–Trinajstić information content (AvgIpc) is 2.88. The van der Waals surface area contributed by atoms with Crippen molar-refractivity contribution in [2.24, 2.45) is 5.73 Å². The number of hydrogen-bond donors (Lipinski definition) is 2. The van der Waals surface area contributed by atoms with E-state index in [0.29, 0.717) is 13.0 Å². The molecule has 2 rings (SSSR count). The lowest BCUT2D eigenvalue weighted by Crippen LogP contribution is -2.52. The van der Waals surface area contributed by atoms with Crippen LogP contribution in [0.25, 0.3) is 11.0 Å². The number of hydrogen-bond acceptors (Lipinski definition) is 3. The second-order valence-electron chi connectivity index (χ2n) is 6.20. The Hall–Kier alpha value is -1.88. The van der Waals surface area contributed by atoms with E-state index in [1.54, 1.807) is 4.90 Å². The number of amides is 1. The quantitative estimate of drug-likeness (QED) is 0.825. The first-order valence-electron chi connectivity index (χ1n) is 7.92. The molecular weight excluding hydrogens is 276 g/mol. The van der Waals surface area contributed by atoms with E-state index >= 15 is 0 Å². The molecule has 5 nitrogen and oxygen atoms in total. The Bertz CT molecular complexity index is 599. The van der Waals surface area contributed by atoms with Crippen molar-refractivity contribution in [1.82, 2.24) is 14.9 Å². The number of fused-ring (bicyclic) bond motifs is 1. The number of benzene rings is 1. The van der Waals surface area contributed by atoms with Crippen LogP contribution in [0.1, 0.15) is 38.9 Å². The molecule has 1 unspecified atom stereocenters. The molecule has 0 fully saturated rings. The minimum Gasteiger partial charge on any atom is -0.344 e. The Morgan fingerprint density at radius 3 is 2.82 bits per heavy atom. The number of imidazole rings is 1. The van der Waals surface area contributed by atoms with Gasteiger partial charge in [-0.1, -0.05) is 25.5 Å². The van der Waals surface area contributed by atoms with Crippen molar-refractivity contribution in [3.05, 3.63) is 30.1 Å². The van der Waals surface area contributed by atoms with Gasteiger partial charge in [-0.15, -0.1) is 0 Å². The fourth-order valence-corrected chi connectivity index (χ4v) is 2.77. The Morgan fingerprint density at radius 1 is 1.41 bits per heavy atom. The van der Waals surface area contributed by atoms with E-state index in [-0.39, 0.29) is 5.91 Å². The van der Waals surface area contributed by atoms with Crippen LogP contribution >= 0.6 is 0 Å². The van der Waals surface area contributed by atoms with Crippen molar-refractivity contribution in [2.45, 2.75) is 45.1 Å². The van der Waals surface area contributed by atoms with E-state index in [9.17, 15) is 4.79 Å². The zero-order valence-corrected chi connectivity index (χ0v) is 13.7. The fourth-order valence-electron chi connectivity index (χ4n) is 2.77. The topological polar surface area (TPSA) is 75.0 Å². The number of aromatic amines is 1. The Kier molecular flexibility index (Phi) is 5.19. The molecule has 0 saturated heterocycles. The molecule has 0 spiro atoms. The van der Waals surface area contributed by atoms with Gasteiger partial charge in [-0.2, -0.15) is 0 Å². The molecule has 0 aliphatic carbocycles. The van der Waals surface area contributed by atoms with Gasteiger partial charge in [-0.3, -0.25) is 4.79 Å². The average molecular weight is 302 g/mol. The maximum absolute atomic E-state index is 12.3. The number of nitrogens with zero attached hydrogens (tertiary/aromatic N) is 2. The highest BCUT2D eigenvalue weighted by atomic mass is 16.2. The third kappa shape index (κ3) is 3.85. The summed E-state index contributed by atoms with van der Waals surface area (Å²) in [6.07, 6.45) is 3.30. The first-order chi connectivity index (χ1) is 10.4. The number of nitrogens with two attached hydrogens (primary N) is 1. The molecule has 1 atom stereocenters. The number of aryl methyl sites for hydroxylation is 1. The van der Waals surface area contributed by atoms with Crippen LogP contribution in [0.2, 0.25) is 0 Å². The maximum atomic E-state index is 12.3. The van der Waals surface area contributed by atoms with Crippen molar-refractivity contribution < 1.29 is 4.79 Å². The van der Waals surface area contributed by atoms with E-state index < -0.39 is 5.54 Å². The molecule has 0 radical (unpaired) electrons. The zero-order valence-electron chi connectivity index (χ0n) is 13.7. The van der Waals surface area contributed by atoms with Gasteiger partial charge in [-0.25, -0.2) is 4.98 Å². The van der Waals surface area contributed by atoms with Gasteiger partial charge in [0.2, 0.25) is 5.91 Å². The second-order valence-corrected chi connectivity index (χ2v) is 6.20. The standard InChI is InChI=1S/C17H26N4O/c1-4-11-17(2,18)16(22)21(3)12-7-10-15-19-13-8-5-6-9-14(13)20-15/h5-6,8-9H,4,7,10-12,18H2,1-3H3,(H,19,20). The minimum atomic E-state index is -0.761. The third-order valence-electron chi connectivity index (χ3n) is 3.95. The number of aromatic nitrogens is 2. The van der Waals surface area contributed by atoms with E-state index in [1.807, 2.05) is 45.2 Å². The van der Waals surface area contributed by atoms with Crippen LogP contribution in [0.4, 0.5) is 0 Å². The zero-order chi connectivity index (χ0) is 16.2. The minimum absolute atomic E-state index is 0.0129. The van der Waals surface area contributed by atoms with Crippen LogP contribution in [0.15, 0.2) is 24.3 Å². The van der Waals surface area contributed by atoms with Gasteiger partial charge in [0, 0.05) is 20.0 Å². The van der Waals surface area contributed by atoms with Crippen LogP contribution in [-0.4, -0.2) is 39.9 Å². The summed E-state index contributed by atoms with van der Waals surface area (Å²) in [5, 5.41) is 0. The van der Waals surface area contributed by atoms with E-state index in [0.717, 1.165) is 36.1 Å². The summed E-state index contributed by atoms with van der Waals surface area (Å²) in [6, 6.07) is 7.99. The Morgan fingerprint density at radius 2 is 2.14 bits per heavy atom. The van der Waals surface area contributed by atoms with Gasteiger partial charge < -0.3 is 15.6 Å². The van der Waals surface area contributed by atoms with Crippen LogP contribution in [0.3, 0.4) is 0 Å². The predicted octanol–water partition coefficient (Wildman–Crippen LogP) is 2.47. The molecule has 1 heterocycles. The van der Waals surface area contributed by atoms with Crippen LogP contribution < -0.4 is 5.73 Å². The summed E-state index contributed by atoms with van der Waals surface area (Å²) in [6.45, 7) is 4.54. The Balaban J connectivity index is 1.86. The molecular formula is C17H26N4O. The molecule has 0 bridgehead atoms. The van der Waals surface area contributed by atoms with Crippen molar-refractivity contribution in [1.29, 1.82) is 0 Å². The molecule has 120 valence electrons. The number of rotatable bonds is 7. The molecule has 5 heteroatoms. The SMILES string of the molecule is CCCC(C)(N)C(=O)N(C)CCCc1nc2ccccc2[nH]1. The molecule has 1 aromatic heterocycles. The third-order valence-corrected chi connectivity index (χ3v) is 3.95. The largest absolute Gasteiger partial charge is 0.344 e. The molecule has 0 aliphatic heterocycles. The summed E-state index contributed by atoms with van der Waals surface area (Å²) in [4.78, 5) is 21.9. The molecule has 0 aliphatic rings. The van der Waals surface area contributed by atoms with E-state index in [1.165, 1.54) is 0 Å². The molecule has 3 N–H and O–H groups in total. The van der Waals surface area contributed by atoms with Gasteiger partial charge in [0.15, 0.2) is 0 Å². The monoisotopic (exact) mass is 302 g/mol. The predicted molar refractivity (Wildman–Crippen MR) is 89.6 cm³/mol. The van der Waals surface area contributed by atoms with Gasteiger partial charge in [0.1, 0.15) is 5.82 Å². The number of H-pyrrole nitrogens is 1. The summed E-state index contributed by atoms with van der Waals surface area (Å²) in [5.41, 5.74) is 7.38. The normalized spacial score (nSPS) is 14.0. The highest BCUT2D eigenvalue weighted by Crippen LogP contribution is 2.14. The molecule has 22 heavy (non-hydrogen) atoms. The number of carbonyl (C=O) groups excluding carboxylic acids is 1. The Labute approximate surface area is 131 Å². The lowest BCUT2D eigenvalue weighted by Gasteiger charge is -2.29. The number of likely N-dealkylation sites (N-methyl/N-ethyl adjacent to an activating group) is 1. The van der Waals surface area contributed by atoms with Gasteiger partial charge >= 0.3 is 0 Å². The van der Waals surface area contributed by atoms with Crippen LogP contribution in [0.5, 0.6) is 0 Å². The van der Waals surface area contributed by atoms with Gasteiger partial charge in [0.25, 0.3) is 0 Å². The lowest BCUT2D eigenvalue weighted by atomic mass is 9.96. The van der Waals surface area contributed by atoms with E-state index in [2.05, 4.69) is 9.97 Å². The summed E-state index contributed by atoms with van der Waals surface area (Å²) in [5.74, 6) is 0.977. The summed E-state index contributed by atoms with van der Waals surface area (Å²) in [7, 11) is 1.82. The second kappa shape index (κ2) is 6.92. The maximum Gasteiger partial charge on any atom is 0.242 e.